The lowest BCUT2D eigenvalue weighted by atomic mass is 10.0. The third kappa shape index (κ3) is 3.83. The number of aryl methyl sites for hydroxylation is 1. The van der Waals surface area contributed by atoms with Crippen molar-refractivity contribution in [2.24, 2.45) is 5.92 Å². The zero-order chi connectivity index (χ0) is 15.4. The van der Waals surface area contributed by atoms with Crippen molar-refractivity contribution in [2.75, 3.05) is 18.0 Å². The lowest BCUT2D eigenvalue weighted by Gasteiger charge is -2.34. The minimum absolute atomic E-state index is 0.0221. The highest BCUT2D eigenvalue weighted by Gasteiger charge is 2.22. The number of nitrogens with zero attached hydrogens (tertiary/aromatic N) is 3. The van der Waals surface area contributed by atoms with E-state index in [1.165, 1.54) is 4.68 Å². The van der Waals surface area contributed by atoms with Gasteiger partial charge in [0.1, 0.15) is 0 Å². The van der Waals surface area contributed by atoms with Crippen LogP contribution in [-0.4, -0.2) is 34.8 Å². The second-order valence-electron chi connectivity index (χ2n) is 5.79. The standard InChI is InChI=1S/C15H24N4O2/c1-4-19-14(20)9-13(10-16-19)18-7-5-12(6-8-18)17-15(21)11(2)3/h9-12H,4-8H2,1-3H3,(H,17,21). The van der Waals surface area contributed by atoms with E-state index in [1.807, 2.05) is 20.8 Å². The van der Waals surface area contributed by atoms with Gasteiger partial charge in [-0.2, -0.15) is 5.10 Å². The van der Waals surface area contributed by atoms with E-state index in [1.54, 1.807) is 12.3 Å². The van der Waals surface area contributed by atoms with Crippen LogP contribution in [0.1, 0.15) is 33.6 Å². The fourth-order valence-corrected chi connectivity index (χ4v) is 2.48. The number of hydrogen-bond acceptors (Lipinski definition) is 4. The molecule has 0 spiro atoms. The Bertz CT molecular complexity index is 545. The van der Waals surface area contributed by atoms with Crippen molar-refractivity contribution in [3.63, 3.8) is 0 Å². The fraction of sp³-hybridized carbons (Fsp3) is 0.667. The van der Waals surface area contributed by atoms with Crippen molar-refractivity contribution in [1.82, 2.24) is 15.1 Å². The summed E-state index contributed by atoms with van der Waals surface area (Å²) >= 11 is 0. The van der Waals surface area contributed by atoms with Crippen LogP contribution in [0.3, 0.4) is 0 Å². The summed E-state index contributed by atoms with van der Waals surface area (Å²) in [6.45, 7) is 7.96. The zero-order valence-electron chi connectivity index (χ0n) is 13.0. The maximum Gasteiger partial charge on any atom is 0.268 e. The molecule has 1 amide bonds. The van der Waals surface area contributed by atoms with Crippen molar-refractivity contribution in [3.8, 4) is 0 Å². The predicted molar refractivity (Wildman–Crippen MR) is 82.4 cm³/mol. The van der Waals surface area contributed by atoms with Crippen LogP contribution in [0.25, 0.3) is 0 Å². The van der Waals surface area contributed by atoms with Gasteiger partial charge in [-0.1, -0.05) is 13.8 Å². The number of piperidine rings is 1. The molecule has 2 heterocycles. The Morgan fingerprint density at radius 1 is 1.43 bits per heavy atom. The summed E-state index contributed by atoms with van der Waals surface area (Å²) in [7, 11) is 0. The Labute approximate surface area is 125 Å². The Hall–Kier alpha value is -1.85. The Kier molecular flexibility index (Phi) is 4.98. The largest absolute Gasteiger partial charge is 0.370 e. The number of rotatable bonds is 4. The maximum atomic E-state index is 11.8. The zero-order valence-corrected chi connectivity index (χ0v) is 13.0. The highest BCUT2D eigenvalue weighted by atomic mass is 16.2. The molecule has 1 aromatic rings. The summed E-state index contributed by atoms with van der Waals surface area (Å²) in [4.78, 5) is 25.7. The molecule has 0 saturated carbocycles. The minimum Gasteiger partial charge on any atom is -0.370 e. The minimum atomic E-state index is -0.0646. The number of carbonyl (C=O) groups is 1. The summed E-state index contributed by atoms with van der Waals surface area (Å²) in [6, 6.07) is 1.88. The van der Waals surface area contributed by atoms with Crippen LogP contribution in [0, 0.1) is 5.92 Å². The van der Waals surface area contributed by atoms with Gasteiger partial charge in [-0.15, -0.1) is 0 Å². The molecule has 0 atom stereocenters. The van der Waals surface area contributed by atoms with Crippen molar-refractivity contribution < 1.29 is 4.79 Å². The van der Waals surface area contributed by atoms with E-state index < -0.39 is 0 Å². The van der Waals surface area contributed by atoms with Crippen LogP contribution < -0.4 is 15.8 Å². The topological polar surface area (TPSA) is 67.2 Å². The molecule has 1 saturated heterocycles. The molecule has 1 aromatic heterocycles. The lowest BCUT2D eigenvalue weighted by molar-refractivity contribution is -0.124. The second-order valence-corrected chi connectivity index (χ2v) is 5.79. The van der Waals surface area contributed by atoms with E-state index in [0.717, 1.165) is 31.6 Å². The van der Waals surface area contributed by atoms with Gasteiger partial charge in [-0.3, -0.25) is 9.59 Å². The molecule has 1 aliphatic heterocycles. The van der Waals surface area contributed by atoms with Gasteiger partial charge in [0, 0.05) is 37.7 Å². The van der Waals surface area contributed by atoms with Crippen molar-refractivity contribution in [1.29, 1.82) is 0 Å². The normalized spacial score (nSPS) is 16.3. The number of anilines is 1. The summed E-state index contributed by atoms with van der Waals surface area (Å²) in [5.74, 6) is 0.134. The molecular formula is C15H24N4O2. The van der Waals surface area contributed by atoms with Crippen LogP contribution in [0.2, 0.25) is 0 Å². The molecule has 0 radical (unpaired) electrons. The summed E-state index contributed by atoms with van der Waals surface area (Å²) in [6.07, 6.45) is 3.54. The Morgan fingerprint density at radius 3 is 2.62 bits per heavy atom. The first-order valence-electron chi connectivity index (χ1n) is 7.63. The molecule has 1 aliphatic rings. The molecule has 1 fully saturated rings. The maximum absolute atomic E-state index is 11.8. The van der Waals surface area contributed by atoms with Gasteiger partial charge in [0.15, 0.2) is 0 Å². The van der Waals surface area contributed by atoms with Crippen molar-refractivity contribution in [2.45, 2.75) is 46.2 Å². The molecule has 2 rings (SSSR count). The lowest BCUT2D eigenvalue weighted by Crippen LogP contribution is -2.46. The van der Waals surface area contributed by atoms with E-state index in [4.69, 9.17) is 0 Å². The van der Waals surface area contributed by atoms with Crippen LogP contribution in [0.4, 0.5) is 5.69 Å². The quantitative estimate of drug-likeness (QED) is 0.899. The van der Waals surface area contributed by atoms with Crippen molar-refractivity contribution >= 4 is 11.6 Å². The Morgan fingerprint density at radius 2 is 2.10 bits per heavy atom. The highest BCUT2D eigenvalue weighted by Crippen LogP contribution is 2.17. The van der Waals surface area contributed by atoms with Crippen LogP contribution >= 0.6 is 0 Å². The first-order chi connectivity index (χ1) is 10.0. The van der Waals surface area contributed by atoms with Gasteiger partial charge in [0.25, 0.3) is 5.56 Å². The summed E-state index contributed by atoms with van der Waals surface area (Å²) in [5.41, 5.74) is 0.809. The van der Waals surface area contributed by atoms with Crippen molar-refractivity contribution in [3.05, 3.63) is 22.6 Å². The first-order valence-corrected chi connectivity index (χ1v) is 7.63. The Balaban J connectivity index is 1.93. The highest BCUT2D eigenvalue weighted by molar-refractivity contribution is 5.78. The van der Waals surface area contributed by atoms with E-state index in [9.17, 15) is 9.59 Å². The van der Waals surface area contributed by atoms with E-state index in [2.05, 4.69) is 15.3 Å². The monoisotopic (exact) mass is 292 g/mol. The van der Waals surface area contributed by atoms with Crippen LogP contribution in [-0.2, 0) is 11.3 Å². The van der Waals surface area contributed by atoms with E-state index in [-0.39, 0.29) is 23.4 Å². The molecule has 6 nitrogen and oxygen atoms in total. The second kappa shape index (κ2) is 6.74. The van der Waals surface area contributed by atoms with Gasteiger partial charge < -0.3 is 10.2 Å². The third-order valence-corrected chi connectivity index (χ3v) is 3.89. The summed E-state index contributed by atoms with van der Waals surface area (Å²) < 4.78 is 1.44. The average Bonchev–Trinajstić information content (AvgIpc) is 2.47. The predicted octanol–water partition coefficient (Wildman–Crippen LogP) is 1.00. The molecule has 0 unspecified atom stereocenters. The fourth-order valence-electron chi connectivity index (χ4n) is 2.48. The number of carbonyl (C=O) groups excluding carboxylic acids is 1. The van der Waals surface area contributed by atoms with Gasteiger partial charge in [-0.25, -0.2) is 4.68 Å². The molecule has 6 heteroatoms. The van der Waals surface area contributed by atoms with Gasteiger partial charge in [-0.05, 0) is 19.8 Å². The average molecular weight is 292 g/mol. The van der Waals surface area contributed by atoms with Gasteiger partial charge in [0.2, 0.25) is 5.91 Å². The van der Waals surface area contributed by atoms with Gasteiger partial charge in [0.05, 0.1) is 11.9 Å². The summed E-state index contributed by atoms with van der Waals surface area (Å²) in [5, 5.41) is 7.23. The third-order valence-electron chi connectivity index (χ3n) is 3.89. The van der Waals surface area contributed by atoms with Crippen LogP contribution in [0.5, 0.6) is 0 Å². The van der Waals surface area contributed by atoms with Crippen LogP contribution in [0.15, 0.2) is 17.1 Å². The smallest absolute Gasteiger partial charge is 0.268 e. The molecule has 21 heavy (non-hydrogen) atoms. The number of hydrogen-bond donors (Lipinski definition) is 1. The molecule has 0 aromatic carbocycles. The molecule has 0 aliphatic carbocycles. The molecule has 1 N–H and O–H groups in total. The number of amides is 1. The van der Waals surface area contributed by atoms with E-state index >= 15 is 0 Å². The first kappa shape index (κ1) is 15.5. The molecular weight excluding hydrogens is 268 g/mol. The van der Waals surface area contributed by atoms with Gasteiger partial charge >= 0.3 is 0 Å². The van der Waals surface area contributed by atoms with E-state index in [0.29, 0.717) is 6.54 Å². The number of aromatic nitrogens is 2. The SMILES string of the molecule is CCn1ncc(N2CCC(NC(=O)C(C)C)CC2)cc1=O. The molecule has 116 valence electrons. The molecule has 0 bridgehead atoms. The number of nitrogens with one attached hydrogen (secondary N) is 1.